The van der Waals surface area contributed by atoms with Gasteiger partial charge in [-0.15, -0.1) is 0 Å². The van der Waals surface area contributed by atoms with Crippen molar-refractivity contribution in [3.05, 3.63) is 66.1 Å². The molecule has 2 aromatic heterocycles. The SMILES string of the molecule is O=C(N[C@H]1C[C@H](Oc2cc(F)cc(F)c2)C1)c1cnc2ccccn12. The van der Waals surface area contributed by atoms with E-state index in [1.807, 2.05) is 18.2 Å². The van der Waals surface area contributed by atoms with E-state index in [1.54, 1.807) is 10.6 Å². The number of imidazole rings is 1. The van der Waals surface area contributed by atoms with Crippen molar-refractivity contribution in [3.63, 3.8) is 0 Å². The molecule has 5 nitrogen and oxygen atoms in total. The molecular weight excluding hydrogens is 328 g/mol. The summed E-state index contributed by atoms with van der Waals surface area (Å²) in [5.74, 6) is -1.40. The molecule has 0 spiro atoms. The zero-order chi connectivity index (χ0) is 17.4. The van der Waals surface area contributed by atoms with E-state index >= 15 is 0 Å². The summed E-state index contributed by atoms with van der Waals surface area (Å²) in [4.78, 5) is 16.5. The topological polar surface area (TPSA) is 55.6 Å². The first-order valence-electron chi connectivity index (χ1n) is 7.94. The number of halogens is 2. The number of pyridine rings is 1. The molecule has 2 heterocycles. The van der Waals surface area contributed by atoms with Crippen LogP contribution in [0, 0.1) is 11.6 Å². The molecule has 128 valence electrons. The fourth-order valence-corrected chi connectivity index (χ4v) is 2.93. The highest BCUT2D eigenvalue weighted by atomic mass is 19.1. The first kappa shape index (κ1) is 15.6. The molecule has 1 aliphatic rings. The third kappa shape index (κ3) is 3.17. The van der Waals surface area contributed by atoms with Crippen molar-refractivity contribution < 1.29 is 18.3 Å². The van der Waals surface area contributed by atoms with E-state index < -0.39 is 11.6 Å². The minimum absolute atomic E-state index is 0.0369. The number of carbonyl (C=O) groups is 1. The van der Waals surface area contributed by atoms with Gasteiger partial charge in [-0.25, -0.2) is 13.8 Å². The highest BCUT2D eigenvalue weighted by molar-refractivity contribution is 5.93. The summed E-state index contributed by atoms with van der Waals surface area (Å²) < 4.78 is 33.6. The minimum atomic E-state index is -0.674. The van der Waals surface area contributed by atoms with E-state index in [-0.39, 0.29) is 23.8 Å². The number of carbonyl (C=O) groups excluding carboxylic acids is 1. The van der Waals surface area contributed by atoms with Crippen LogP contribution in [-0.2, 0) is 0 Å². The van der Waals surface area contributed by atoms with Gasteiger partial charge in [0.2, 0.25) is 0 Å². The Balaban J connectivity index is 1.34. The maximum atomic E-state index is 13.1. The van der Waals surface area contributed by atoms with Crippen molar-refractivity contribution in [2.45, 2.75) is 25.0 Å². The van der Waals surface area contributed by atoms with Crippen LogP contribution in [0.15, 0.2) is 48.8 Å². The second-order valence-corrected chi connectivity index (χ2v) is 6.06. The van der Waals surface area contributed by atoms with Gasteiger partial charge in [0.1, 0.15) is 34.8 Å². The Labute approximate surface area is 142 Å². The summed E-state index contributed by atoms with van der Waals surface area (Å²) in [7, 11) is 0. The Morgan fingerprint density at radius 1 is 1.20 bits per heavy atom. The predicted molar refractivity (Wildman–Crippen MR) is 86.5 cm³/mol. The molecule has 0 atom stereocenters. The van der Waals surface area contributed by atoms with Gasteiger partial charge >= 0.3 is 0 Å². The van der Waals surface area contributed by atoms with Gasteiger partial charge < -0.3 is 10.1 Å². The number of fused-ring (bicyclic) bond motifs is 1. The van der Waals surface area contributed by atoms with Crippen LogP contribution in [0.3, 0.4) is 0 Å². The van der Waals surface area contributed by atoms with Crippen LogP contribution in [0.4, 0.5) is 8.78 Å². The highest BCUT2D eigenvalue weighted by Gasteiger charge is 2.32. The van der Waals surface area contributed by atoms with Crippen molar-refractivity contribution in [1.29, 1.82) is 0 Å². The average molecular weight is 343 g/mol. The lowest BCUT2D eigenvalue weighted by Crippen LogP contribution is -2.49. The lowest BCUT2D eigenvalue weighted by Gasteiger charge is -2.35. The van der Waals surface area contributed by atoms with Crippen molar-refractivity contribution in [1.82, 2.24) is 14.7 Å². The molecule has 1 aromatic carbocycles. The number of ether oxygens (including phenoxy) is 1. The number of rotatable bonds is 4. The normalized spacial score (nSPS) is 19.4. The number of nitrogens with one attached hydrogen (secondary N) is 1. The monoisotopic (exact) mass is 343 g/mol. The van der Waals surface area contributed by atoms with E-state index in [0.717, 1.165) is 18.2 Å². The molecule has 0 unspecified atom stereocenters. The van der Waals surface area contributed by atoms with Crippen LogP contribution in [0.25, 0.3) is 5.65 Å². The molecule has 0 aliphatic heterocycles. The van der Waals surface area contributed by atoms with E-state index in [9.17, 15) is 13.6 Å². The molecule has 0 radical (unpaired) electrons. The molecule has 1 aliphatic carbocycles. The zero-order valence-electron chi connectivity index (χ0n) is 13.2. The van der Waals surface area contributed by atoms with Gasteiger partial charge in [0, 0.05) is 43.3 Å². The predicted octanol–water partition coefficient (Wildman–Crippen LogP) is 2.95. The van der Waals surface area contributed by atoms with Crippen molar-refractivity contribution in [2.24, 2.45) is 0 Å². The summed E-state index contributed by atoms with van der Waals surface area (Å²) in [5.41, 5.74) is 1.17. The van der Waals surface area contributed by atoms with Crippen LogP contribution in [0.5, 0.6) is 5.75 Å². The second-order valence-electron chi connectivity index (χ2n) is 6.06. The largest absolute Gasteiger partial charge is 0.490 e. The number of hydrogen-bond acceptors (Lipinski definition) is 3. The van der Waals surface area contributed by atoms with Crippen LogP contribution < -0.4 is 10.1 Å². The summed E-state index contributed by atoms with van der Waals surface area (Å²) in [6, 6.07) is 8.56. The third-order valence-corrected chi connectivity index (χ3v) is 4.22. The molecule has 3 aromatic rings. The molecule has 1 saturated carbocycles. The minimum Gasteiger partial charge on any atom is -0.490 e. The highest BCUT2D eigenvalue weighted by Crippen LogP contribution is 2.27. The molecule has 1 amide bonds. The van der Waals surface area contributed by atoms with Gasteiger partial charge in [-0.05, 0) is 12.1 Å². The summed E-state index contributed by atoms with van der Waals surface area (Å²) in [6.07, 6.45) is 4.31. The molecule has 4 rings (SSSR count). The average Bonchev–Trinajstić information content (AvgIpc) is 2.96. The molecule has 25 heavy (non-hydrogen) atoms. The first-order chi connectivity index (χ1) is 12.1. The molecular formula is C18H15F2N3O2. The summed E-state index contributed by atoms with van der Waals surface area (Å²) >= 11 is 0. The molecule has 1 N–H and O–H groups in total. The lowest BCUT2D eigenvalue weighted by atomic mass is 9.89. The van der Waals surface area contributed by atoms with Crippen molar-refractivity contribution >= 4 is 11.6 Å². The van der Waals surface area contributed by atoms with Gasteiger partial charge in [0.15, 0.2) is 0 Å². The molecule has 0 bridgehead atoms. The van der Waals surface area contributed by atoms with Crippen molar-refractivity contribution in [2.75, 3.05) is 0 Å². The first-order valence-corrected chi connectivity index (χ1v) is 7.94. The van der Waals surface area contributed by atoms with E-state index in [0.29, 0.717) is 24.2 Å². The van der Waals surface area contributed by atoms with E-state index in [4.69, 9.17) is 4.74 Å². The zero-order valence-corrected chi connectivity index (χ0v) is 13.2. The Morgan fingerprint density at radius 2 is 1.96 bits per heavy atom. The summed E-state index contributed by atoms with van der Waals surface area (Å²) in [6.45, 7) is 0. The Kier molecular flexibility index (Phi) is 3.83. The summed E-state index contributed by atoms with van der Waals surface area (Å²) in [5, 5.41) is 2.92. The number of aromatic nitrogens is 2. The molecule has 7 heteroatoms. The molecule has 1 fully saturated rings. The number of nitrogens with zero attached hydrogens (tertiary/aromatic N) is 2. The standard InChI is InChI=1S/C18H15F2N3O2/c19-11-5-12(20)7-14(6-11)25-15-8-13(9-15)22-18(24)16-10-21-17-3-1-2-4-23(16)17/h1-7,10,13,15H,8-9H2,(H,22,24)/t13-,15-. The van der Waals surface area contributed by atoms with Crippen LogP contribution >= 0.6 is 0 Å². The quantitative estimate of drug-likeness (QED) is 0.792. The van der Waals surface area contributed by atoms with Gasteiger partial charge in [0.05, 0.1) is 6.20 Å². The Morgan fingerprint density at radius 3 is 2.72 bits per heavy atom. The third-order valence-electron chi connectivity index (χ3n) is 4.22. The maximum Gasteiger partial charge on any atom is 0.270 e. The number of amides is 1. The van der Waals surface area contributed by atoms with E-state index in [1.165, 1.54) is 6.20 Å². The Bertz CT molecular complexity index is 915. The van der Waals surface area contributed by atoms with Crippen LogP contribution in [-0.4, -0.2) is 27.4 Å². The van der Waals surface area contributed by atoms with Gasteiger partial charge in [-0.3, -0.25) is 9.20 Å². The number of hydrogen-bond donors (Lipinski definition) is 1. The van der Waals surface area contributed by atoms with Gasteiger partial charge in [-0.1, -0.05) is 6.07 Å². The lowest BCUT2D eigenvalue weighted by molar-refractivity contribution is 0.0694. The van der Waals surface area contributed by atoms with Gasteiger partial charge in [0.25, 0.3) is 5.91 Å². The van der Waals surface area contributed by atoms with Gasteiger partial charge in [-0.2, -0.15) is 0 Å². The van der Waals surface area contributed by atoms with Crippen LogP contribution in [0.2, 0.25) is 0 Å². The smallest absolute Gasteiger partial charge is 0.270 e. The second kappa shape index (κ2) is 6.16. The number of benzene rings is 1. The fraction of sp³-hybridized carbons (Fsp3) is 0.222. The Hall–Kier alpha value is -2.96. The van der Waals surface area contributed by atoms with Crippen molar-refractivity contribution in [3.8, 4) is 5.75 Å². The maximum absolute atomic E-state index is 13.1. The van der Waals surface area contributed by atoms with E-state index in [2.05, 4.69) is 10.3 Å². The van der Waals surface area contributed by atoms with Crippen LogP contribution in [0.1, 0.15) is 23.3 Å². The molecule has 0 saturated heterocycles. The fourth-order valence-electron chi connectivity index (χ4n) is 2.93.